The molecule has 3 aromatic heterocycles. The zero-order valence-corrected chi connectivity index (χ0v) is 38.8. The normalized spacial score (nSPS) is 20.5. The topological polar surface area (TPSA) is 228 Å². The average Bonchev–Trinajstić information content (AvgIpc) is 4.09. The predicted molar refractivity (Wildman–Crippen MR) is 254 cm³/mol. The molecule has 0 saturated carbocycles. The molecule has 69 heavy (non-hydrogen) atoms. The Kier molecular flexibility index (Phi) is 13.6. The molecular weight excluding hydrogens is 907 g/mol. The number of benzene rings is 4. The highest BCUT2D eigenvalue weighted by Crippen LogP contribution is 2.44. The fraction of sp³-hybridized carbons (Fsp3) is 0.320. The molecule has 6 atom stereocenters. The van der Waals surface area contributed by atoms with Gasteiger partial charge in [0.1, 0.15) is 35.9 Å². The first-order chi connectivity index (χ1) is 33.3. The monoisotopic (exact) mass is 957 g/mol. The first-order valence-electron chi connectivity index (χ1n) is 22.4. The fourth-order valence-corrected chi connectivity index (χ4v) is 10.9. The maximum atomic E-state index is 14.3. The molecule has 2 aliphatic rings. The Bertz CT molecular complexity index is 3100. The number of nitrogens with zero attached hydrogens (tertiary/aromatic N) is 5. The van der Waals surface area contributed by atoms with Crippen molar-refractivity contribution in [2.45, 2.75) is 62.6 Å². The number of fused-ring (bicyclic) bond motifs is 1. The summed E-state index contributed by atoms with van der Waals surface area (Å²) < 4.78 is 62.7. The Hall–Kier alpha value is -7.03. The molecule has 2 fully saturated rings. The van der Waals surface area contributed by atoms with Crippen molar-refractivity contribution < 1.29 is 42.0 Å². The van der Waals surface area contributed by atoms with E-state index in [1.54, 1.807) is 50.0 Å². The molecule has 5 heterocycles. The van der Waals surface area contributed by atoms with Crippen molar-refractivity contribution in [2.24, 2.45) is 5.92 Å². The number of carbonyl (C=O) groups is 1. The molecule has 0 radical (unpaired) electrons. The van der Waals surface area contributed by atoms with Crippen LogP contribution in [-0.2, 0) is 29.6 Å². The van der Waals surface area contributed by atoms with E-state index in [1.807, 2.05) is 84.9 Å². The second-order valence-electron chi connectivity index (χ2n) is 17.1. The number of hydrogen-bond donors (Lipinski definition) is 3. The van der Waals surface area contributed by atoms with E-state index >= 15 is 0 Å². The van der Waals surface area contributed by atoms with E-state index in [9.17, 15) is 27.9 Å². The maximum absolute atomic E-state index is 14.3. The summed E-state index contributed by atoms with van der Waals surface area (Å²) in [6.45, 7) is 1.47. The number of imidazole rings is 1. The molecule has 0 spiro atoms. The number of H-pyrrole nitrogens is 1. The van der Waals surface area contributed by atoms with Crippen LogP contribution in [0.3, 0.4) is 0 Å². The molecule has 2 aliphatic heterocycles. The molecule has 19 heteroatoms. The van der Waals surface area contributed by atoms with Gasteiger partial charge in [0.15, 0.2) is 26.8 Å². The maximum Gasteiger partial charge on any atom is 0.330 e. The number of aryl methyl sites for hydroxylation is 1. The van der Waals surface area contributed by atoms with Crippen LogP contribution < -0.4 is 26.0 Å². The van der Waals surface area contributed by atoms with Crippen LogP contribution in [-0.4, -0.2) is 99.1 Å². The Morgan fingerprint density at radius 3 is 2.07 bits per heavy atom. The third-order valence-corrected chi connectivity index (χ3v) is 14.6. The molecule has 18 nitrogen and oxygen atoms in total. The SMILES string of the molecule is COc1ccc(C(OC[C@H]2O[C@@H](n3cnc4c(NC(=O)c5ccccc5)ncnc43)C[C@@H]2CS(=O)(=O)CC[C@H]2O[C@@H](n3cc(C)c(=O)[nH]c3=O)C[C@@H]2O)(c2ccccc2)c2ccc(OC)cc2)cc1. The molecule has 3 N–H and O–H groups in total. The Balaban J connectivity index is 1.03. The molecule has 2 saturated heterocycles. The number of aliphatic hydroxyl groups is 1. The minimum absolute atomic E-state index is 0.0271. The van der Waals surface area contributed by atoms with Gasteiger partial charge in [0, 0.05) is 29.7 Å². The fourth-order valence-electron chi connectivity index (χ4n) is 9.17. The minimum atomic E-state index is -3.89. The van der Waals surface area contributed by atoms with E-state index in [0.717, 1.165) is 16.7 Å². The quantitative estimate of drug-likeness (QED) is 0.0983. The lowest BCUT2D eigenvalue weighted by molar-refractivity contribution is -0.0818. The Morgan fingerprint density at radius 2 is 1.42 bits per heavy atom. The van der Waals surface area contributed by atoms with Crippen molar-refractivity contribution in [3.05, 3.63) is 177 Å². The van der Waals surface area contributed by atoms with Gasteiger partial charge in [-0.25, -0.2) is 28.2 Å². The largest absolute Gasteiger partial charge is 0.497 e. The van der Waals surface area contributed by atoms with Crippen LogP contribution in [0.15, 0.2) is 138 Å². The van der Waals surface area contributed by atoms with Crippen molar-refractivity contribution in [3.8, 4) is 11.5 Å². The number of aliphatic hydroxyl groups excluding tert-OH is 1. The van der Waals surface area contributed by atoms with E-state index in [2.05, 4.69) is 25.3 Å². The van der Waals surface area contributed by atoms with Crippen LogP contribution >= 0.6 is 0 Å². The highest BCUT2D eigenvalue weighted by atomic mass is 32.2. The molecular formula is C50H51N7O11S. The van der Waals surface area contributed by atoms with Crippen molar-refractivity contribution in [2.75, 3.05) is 37.6 Å². The molecule has 1 amide bonds. The van der Waals surface area contributed by atoms with Gasteiger partial charge in [0.05, 0.1) is 57.0 Å². The lowest BCUT2D eigenvalue weighted by atomic mass is 9.80. The zero-order chi connectivity index (χ0) is 48.3. The molecule has 0 unspecified atom stereocenters. The summed E-state index contributed by atoms with van der Waals surface area (Å²) in [5.74, 6) is -0.191. The number of nitrogens with one attached hydrogen (secondary N) is 2. The molecule has 0 bridgehead atoms. The summed E-state index contributed by atoms with van der Waals surface area (Å²) in [5, 5.41) is 13.8. The van der Waals surface area contributed by atoms with Crippen molar-refractivity contribution in [3.63, 3.8) is 0 Å². The molecule has 358 valence electrons. The van der Waals surface area contributed by atoms with Gasteiger partial charge in [-0.2, -0.15) is 0 Å². The number of methoxy groups -OCH3 is 2. The minimum Gasteiger partial charge on any atom is -0.497 e. The van der Waals surface area contributed by atoms with Gasteiger partial charge in [-0.05, 0) is 72.9 Å². The smallest absolute Gasteiger partial charge is 0.330 e. The molecule has 9 rings (SSSR count). The van der Waals surface area contributed by atoms with E-state index in [0.29, 0.717) is 28.2 Å². The number of anilines is 1. The van der Waals surface area contributed by atoms with Crippen LogP contribution in [0, 0.1) is 12.8 Å². The number of sulfone groups is 1. The lowest BCUT2D eigenvalue weighted by Gasteiger charge is -2.37. The van der Waals surface area contributed by atoms with Crippen LogP contribution in [0.4, 0.5) is 5.82 Å². The van der Waals surface area contributed by atoms with Crippen LogP contribution in [0.2, 0.25) is 0 Å². The second-order valence-corrected chi connectivity index (χ2v) is 19.3. The molecule has 0 aliphatic carbocycles. The first kappa shape index (κ1) is 47.1. The van der Waals surface area contributed by atoms with E-state index in [-0.39, 0.29) is 54.7 Å². The van der Waals surface area contributed by atoms with Gasteiger partial charge in [-0.3, -0.25) is 23.7 Å². The van der Waals surface area contributed by atoms with E-state index in [4.69, 9.17) is 23.7 Å². The van der Waals surface area contributed by atoms with Crippen LogP contribution in [0.1, 0.15) is 64.3 Å². The van der Waals surface area contributed by atoms with E-state index < -0.39 is 63.4 Å². The van der Waals surface area contributed by atoms with Crippen LogP contribution in [0.25, 0.3) is 11.2 Å². The van der Waals surface area contributed by atoms with Crippen molar-refractivity contribution in [1.29, 1.82) is 0 Å². The summed E-state index contributed by atoms with van der Waals surface area (Å²) >= 11 is 0. The van der Waals surface area contributed by atoms with Gasteiger partial charge >= 0.3 is 5.69 Å². The van der Waals surface area contributed by atoms with Gasteiger partial charge in [-0.1, -0.05) is 72.8 Å². The second kappa shape index (κ2) is 19.9. The number of rotatable bonds is 17. The number of amides is 1. The molecule has 7 aromatic rings. The number of aromatic amines is 1. The average molecular weight is 958 g/mol. The molecule has 4 aromatic carbocycles. The van der Waals surface area contributed by atoms with Gasteiger partial charge in [0.2, 0.25) is 0 Å². The highest BCUT2D eigenvalue weighted by molar-refractivity contribution is 7.91. The van der Waals surface area contributed by atoms with Gasteiger partial charge < -0.3 is 34.1 Å². The van der Waals surface area contributed by atoms with E-state index in [1.165, 1.54) is 23.4 Å². The summed E-state index contributed by atoms with van der Waals surface area (Å²) in [7, 11) is -0.700. The zero-order valence-electron chi connectivity index (χ0n) is 38.0. The number of carbonyl (C=O) groups excluding carboxylic acids is 1. The summed E-state index contributed by atoms with van der Waals surface area (Å²) in [6, 6.07) is 33.5. The lowest BCUT2D eigenvalue weighted by Crippen LogP contribution is -2.38. The standard InChI is InChI=1S/C50H51N7O11S/c1-31-26-56(49(61)55-47(31)59)43-25-39(58)40(67-43)22-23-69(62,63)28-33-24-42(57-30-53-44-45(51-29-52-46(44)57)54-48(60)32-10-6-4-7-11-32)68-41(33)27-66-50(34-12-8-5-9-13-34,35-14-18-37(64-2)19-15-35)36-16-20-38(65-3)21-17-36/h4-21,26,29-30,33,39-43,58H,22-25,27-28H2,1-3H3,(H,55,59,61)(H,51,52,54,60)/t33-,39+,40-,41-,42-,43-/m1/s1. The number of aromatic nitrogens is 6. The number of hydrogen-bond acceptors (Lipinski definition) is 14. The van der Waals surface area contributed by atoms with Crippen molar-refractivity contribution in [1.82, 2.24) is 29.1 Å². The Morgan fingerprint density at radius 1 is 0.812 bits per heavy atom. The highest BCUT2D eigenvalue weighted by Gasteiger charge is 2.44. The Labute approximate surface area is 396 Å². The van der Waals surface area contributed by atoms with Gasteiger partial charge in [-0.15, -0.1) is 0 Å². The summed E-state index contributed by atoms with van der Waals surface area (Å²) in [5.41, 5.74) is 1.26. The van der Waals surface area contributed by atoms with Gasteiger partial charge in [0.25, 0.3) is 11.5 Å². The first-order valence-corrected chi connectivity index (χ1v) is 24.2. The summed E-state index contributed by atoms with van der Waals surface area (Å²) in [6.07, 6.45) is -0.0573. The van der Waals surface area contributed by atoms with Crippen LogP contribution in [0.5, 0.6) is 11.5 Å². The third-order valence-electron chi connectivity index (χ3n) is 12.8. The number of ether oxygens (including phenoxy) is 5. The van der Waals surface area contributed by atoms with Crippen molar-refractivity contribution >= 4 is 32.7 Å². The summed E-state index contributed by atoms with van der Waals surface area (Å²) in [4.78, 5) is 53.5. The third kappa shape index (κ3) is 9.82. The predicted octanol–water partition coefficient (Wildman–Crippen LogP) is 5.32.